The first-order chi connectivity index (χ1) is 11.6. The second-order valence-corrected chi connectivity index (χ2v) is 7.63. The molecule has 0 unspecified atom stereocenters. The molecule has 1 aromatic carbocycles. The lowest BCUT2D eigenvalue weighted by Crippen LogP contribution is -2.23. The average molecular weight is 363 g/mol. The Hall–Kier alpha value is -2.09. The number of nitrogens with one attached hydrogen (secondary N) is 1. The first kappa shape index (κ1) is 16.8. The number of hydrogen-bond donors (Lipinski definition) is 1. The van der Waals surface area contributed by atoms with Gasteiger partial charge in [0.15, 0.2) is 0 Å². The highest BCUT2D eigenvalue weighted by Gasteiger charge is 2.19. The molecular formula is C17H17NO4S2. The minimum atomic E-state index is -3.69. The van der Waals surface area contributed by atoms with E-state index in [-0.39, 0.29) is 11.4 Å². The number of para-hydroxylation sites is 1. The maximum Gasteiger partial charge on any atom is 0.244 e. The Morgan fingerprint density at radius 3 is 2.71 bits per heavy atom. The second-order valence-electron chi connectivity index (χ2n) is 4.95. The van der Waals surface area contributed by atoms with Crippen LogP contribution >= 0.6 is 11.3 Å². The summed E-state index contributed by atoms with van der Waals surface area (Å²) in [5.74, 6) is 1.62. The van der Waals surface area contributed by atoms with Crippen molar-refractivity contribution in [2.45, 2.75) is 18.4 Å². The zero-order valence-corrected chi connectivity index (χ0v) is 14.7. The molecular weight excluding hydrogens is 346 g/mol. The number of benzene rings is 1. The van der Waals surface area contributed by atoms with Gasteiger partial charge < -0.3 is 9.15 Å². The molecule has 0 spiro atoms. The van der Waals surface area contributed by atoms with Gasteiger partial charge >= 0.3 is 0 Å². The molecule has 3 rings (SSSR count). The van der Waals surface area contributed by atoms with Crippen molar-refractivity contribution in [1.29, 1.82) is 0 Å². The predicted octanol–water partition coefficient (Wildman–Crippen LogP) is 3.89. The summed E-state index contributed by atoms with van der Waals surface area (Å²) >= 11 is 1.57. The van der Waals surface area contributed by atoms with E-state index < -0.39 is 10.0 Å². The van der Waals surface area contributed by atoms with Crippen LogP contribution in [0.1, 0.15) is 12.7 Å². The van der Waals surface area contributed by atoms with Crippen LogP contribution in [-0.4, -0.2) is 15.0 Å². The Morgan fingerprint density at radius 2 is 1.96 bits per heavy atom. The van der Waals surface area contributed by atoms with Crippen LogP contribution in [0.5, 0.6) is 5.75 Å². The molecule has 0 bridgehead atoms. The Morgan fingerprint density at radius 1 is 1.12 bits per heavy atom. The first-order valence-electron chi connectivity index (χ1n) is 7.44. The van der Waals surface area contributed by atoms with Gasteiger partial charge in [0, 0.05) is 0 Å². The monoisotopic (exact) mass is 363 g/mol. The lowest BCUT2D eigenvalue weighted by Gasteiger charge is -2.11. The van der Waals surface area contributed by atoms with E-state index >= 15 is 0 Å². The molecule has 1 N–H and O–H groups in total. The SMILES string of the molecule is CCOc1ccccc1S(=O)(=O)NCc1ccc(-c2cccs2)o1. The Labute approximate surface area is 144 Å². The Bertz CT molecular complexity index is 898. The molecule has 0 aliphatic heterocycles. The number of thiophene rings is 1. The van der Waals surface area contributed by atoms with Crippen molar-refractivity contribution < 1.29 is 17.6 Å². The summed E-state index contributed by atoms with van der Waals surface area (Å²) in [6.07, 6.45) is 0. The number of rotatable bonds is 7. The van der Waals surface area contributed by atoms with Crippen LogP contribution in [-0.2, 0) is 16.6 Å². The standard InChI is InChI=1S/C17H17NO4S2/c1-2-21-15-6-3-4-8-17(15)24(19,20)18-12-13-9-10-14(22-13)16-7-5-11-23-16/h3-11,18H,2,12H2,1H3. The van der Waals surface area contributed by atoms with E-state index in [2.05, 4.69) is 4.72 Å². The third-order valence-corrected chi connectivity index (χ3v) is 5.63. The molecule has 5 nitrogen and oxygen atoms in total. The highest BCUT2D eigenvalue weighted by atomic mass is 32.2. The highest BCUT2D eigenvalue weighted by molar-refractivity contribution is 7.89. The molecule has 0 aliphatic carbocycles. The maximum absolute atomic E-state index is 12.5. The lowest BCUT2D eigenvalue weighted by atomic mass is 10.3. The second kappa shape index (κ2) is 7.21. The van der Waals surface area contributed by atoms with Crippen molar-refractivity contribution in [3.05, 3.63) is 59.7 Å². The van der Waals surface area contributed by atoms with Crippen molar-refractivity contribution in [2.24, 2.45) is 0 Å². The van der Waals surface area contributed by atoms with Crippen LogP contribution in [0.25, 0.3) is 10.6 Å². The number of furan rings is 1. The summed E-state index contributed by atoms with van der Waals surface area (Å²) in [7, 11) is -3.69. The van der Waals surface area contributed by atoms with Crippen molar-refractivity contribution >= 4 is 21.4 Å². The summed E-state index contributed by atoms with van der Waals surface area (Å²) in [5.41, 5.74) is 0. The van der Waals surface area contributed by atoms with E-state index in [1.54, 1.807) is 35.6 Å². The average Bonchev–Trinajstić information content (AvgIpc) is 3.25. The number of sulfonamides is 1. The minimum absolute atomic E-state index is 0.0775. The van der Waals surface area contributed by atoms with Crippen molar-refractivity contribution in [3.63, 3.8) is 0 Å². The van der Waals surface area contributed by atoms with Crippen LogP contribution in [0.15, 0.2) is 63.2 Å². The normalized spacial score (nSPS) is 11.5. The minimum Gasteiger partial charge on any atom is -0.492 e. The smallest absolute Gasteiger partial charge is 0.244 e. The maximum atomic E-state index is 12.5. The topological polar surface area (TPSA) is 68.5 Å². The molecule has 0 radical (unpaired) electrons. The van der Waals surface area contributed by atoms with Gasteiger partial charge in [-0.2, -0.15) is 0 Å². The first-order valence-corrected chi connectivity index (χ1v) is 9.80. The molecule has 0 amide bonds. The van der Waals surface area contributed by atoms with Crippen LogP contribution in [0.3, 0.4) is 0 Å². The zero-order chi connectivity index (χ0) is 17.0. The van der Waals surface area contributed by atoms with Gasteiger partial charge in [0.2, 0.25) is 10.0 Å². The van der Waals surface area contributed by atoms with E-state index in [1.807, 2.05) is 30.5 Å². The summed E-state index contributed by atoms with van der Waals surface area (Å²) in [6, 6.07) is 14.1. The van der Waals surface area contributed by atoms with Gasteiger partial charge in [-0.3, -0.25) is 0 Å². The molecule has 126 valence electrons. The van der Waals surface area contributed by atoms with Gasteiger partial charge in [0.05, 0.1) is 18.0 Å². The van der Waals surface area contributed by atoms with Gasteiger partial charge in [0.1, 0.15) is 22.2 Å². The highest BCUT2D eigenvalue weighted by Crippen LogP contribution is 2.27. The molecule has 0 saturated heterocycles. The van der Waals surface area contributed by atoms with E-state index in [1.165, 1.54) is 6.07 Å². The fraction of sp³-hybridized carbons (Fsp3) is 0.176. The fourth-order valence-corrected chi connectivity index (χ4v) is 4.04. The van der Waals surface area contributed by atoms with Gasteiger partial charge in [-0.25, -0.2) is 13.1 Å². The summed E-state index contributed by atoms with van der Waals surface area (Å²) in [6.45, 7) is 2.29. The van der Waals surface area contributed by atoms with Crippen molar-refractivity contribution in [3.8, 4) is 16.4 Å². The molecule has 0 atom stereocenters. The summed E-state index contributed by atoms with van der Waals surface area (Å²) in [5, 5.41) is 1.96. The Balaban J connectivity index is 1.74. The Kier molecular flexibility index (Phi) is 5.03. The van der Waals surface area contributed by atoms with Gasteiger partial charge in [0.25, 0.3) is 0 Å². The summed E-state index contributed by atoms with van der Waals surface area (Å²) in [4.78, 5) is 1.13. The molecule has 2 aromatic heterocycles. The molecule has 0 aliphatic rings. The molecule has 2 heterocycles. The van der Waals surface area contributed by atoms with Crippen molar-refractivity contribution in [1.82, 2.24) is 4.72 Å². The quantitative estimate of drug-likeness (QED) is 0.691. The van der Waals surface area contributed by atoms with Crippen LogP contribution < -0.4 is 9.46 Å². The zero-order valence-electron chi connectivity index (χ0n) is 13.1. The van der Waals surface area contributed by atoms with E-state index in [4.69, 9.17) is 9.15 Å². The van der Waals surface area contributed by atoms with E-state index in [9.17, 15) is 8.42 Å². The number of ether oxygens (including phenoxy) is 1. The molecule has 0 saturated carbocycles. The molecule has 3 aromatic rings. The predicted molar refractivity (Wildman–Crippen MR) is 93.7 cm³/mol. The van der Waals surface area contributed by atoms with Gasteiger partial charge in [-0.05, 0) is 42.6 Å². The number of hydrogen-bond acceptors (Lipinski definition) is 5. The summed E-state index contributed by atoms with van der Waals surface area (Å²) < 4.78 is 38.6. The lowest BCUT2D eigenvalue weighted by molar-refractivity contribution is 0.331. The van der Waals surface area contributed by atoms with Crippen molar-refractivity contribution in [2.75, 3.05) is 6.61 Å². The largest absolute Gasteiger partial charge is 0.492 e. The molecule has 7 heteroatoms. The third kappa shape index (κ3) is 3.69. The van der Waals surface area contributed by atoms with E-state index in [0.29, 0.717) is 18.1 Å². The van der Waals surface area contributed by atoms with Crippen LogP contribution in [0, 0.1) is 0 Å². The fourth-order valence-electron chi connectivity index (χ4n) is 2.21. The van der Waals surface area contributed by atoms with Crippen LogP contribution in [0.4, 0.5) is 0 Å². The van der Waals surface area contributed by atoms with Gasteiger partial charge in [-0.1, -0.05) is 18.2 Å². The van der Waals surface area contributed by atoms with E-state index in [0.717, 1.165) is 10.6 Å². The molecule has 24 heavy (non-hydrogen) atoms. The molecule has 0 fully saturated rings. The van der Waals surface area contributed by atoms with Gasteiger partial charge in [-0.15, -0.1) is 11.3 Å². The third-order valence-electron chi connectivity index (χ3n) is 3.30. The van der Waals surface area contributed by atoms with Crippen LogP contribution in [0.2, 0.25) is 0 Å².